The van der Waals surface area contributed by atoms with Crippen molar-refractivity contribution in [3.63, 3.8) is 0 Å². The first-order valence-corrected chi connectivity index (χ1v) is 7.88. The van der Waals surface area contributed by atoms with Crippen LogP contribution in [0.15, 0.2) is 29.4 Å². The standard InChI is InChI=1S/C17H14ClN5O3/c1-23-13-5-4-9(18)6-10(13)14(21-12(7-19)16(23)24)11-8-20-17(26-3)22-15(11)25-2/h4-6,8,12H,1-3H3. The number of carbonyl (C=O) groups excluding carboxylic acids is 1. The number of rotatable bonds is 3. The molecule has 0 bridgehead atoms. The molecule has 8 nitrogen and oxygen atoms in total. The third kappa shape index (κ3) is 2.93. The highest BCUT2D eigenvalue weighted by Gasteiger charge is 2.31. The molecule has 0 aliphatic carbocycles. The average Bonchev–Trinajstić information content (AvgIpc) is 2.76. The molecular formula is C17H14ClN5O3. The Morgan fingerprint density at radius 2 is 2.04 bits per heavy atom. The smallest absolute Gasteiger partial charge is 0.319 e. The lowest BCUT2D eigenvalue weighted by atomic mass is 10.0. The van der Waals surface area contributed by atoms with Gasteiger partial charge in [0, 0.05) is 23.8 Å². The topological polar surface area (TPSA) is 101 Å². The molecule has 0 saturated heterocycles. The van der Waals surface area contributed by atoms with Crippen LogP contribution in [0.1, 0.15) is 11.1 Å². The van der Waals surface area contributed by atoms with Crippen LogP contribution in [0.3, 0.4) is 0 Å². The van der Waals surface area contributed by atoms with E-state index in [4.69, 9.17) is 21.1 Å². The van der Waals surface area contributed by atoms with Gasteiger partial charge in [-0.05, 0) is 18.2 Å². The van der Waals surface area contributed by atoms with Crippen molar-refractivity contribution in [3.05, 3.63) is 40.5 Å². The normalized spacial score (nSPS) is 16.3. The Labute approximate surface area is 154 Å². The zero-order valence-corrected chi connectivity index (χ0v) is 15.0. The summed E-state index contributed by atoms with van der Waals surface area (Å²) in [6, 6.07) is 5.85. The van der Waals surface area contributed by atoms with Gasteiger partial charge in [-0.3, -0.25) is 9.79 Å². The highest BCUT2D eigenvalue weighted by Crippen LogP contribution is 2.32. The van der Waals surface area contributed by atoms with E-state index in [0.717, 1.165) is 0 Å². The summed E-state index contributed by atoms with van der Waals surface area (Å²) in [5.41, 5.74) is 1.89. The third-order valence-electron chi connectivity index (χ3n) is 3.88. The lowest BCUT2D eigenvalue weighted by Crippen LogP contribution is -2.33. The number of ether oxygens (including phenoxy) is 2. The number of halogens is 1. The summed E-state index contributed by atoms with van der Waals surface area (Å²) in [4.78, 5) is 26.5. The van der Waals surface area contributed by atoms with Gasteiger partial charge in [0.25, 0.3) is 5.91 Å². The maximum Gasteiger partial charge on any atom is 0.319 e. The number of benzodiazepines with no additional fused rings is 1. The van der Waals surface area contributed by atoms with Crippen molar-refractivity contribution in [1.82, 2.24) is 9.97 Å². The van der Waals surface area contributed by atoms with Gasteiger partial charge in [0.1, 0.15) is 0 Å². The van der Waals surface area contributed by atoms with Crippen LogP contribution in [0.25, 0.3) is 0 Å². The predicted molar refractivity (Wildman–Crippen MR) is 95.0 cm³/mol. The van der Waals surface area contributed by atoms with Gasteiger partial charge in [-0.25, -0.2) is 4.98 Å². The molecular weight excluding hydrogens is 358 g/mol. The zero-order chi connectivity index (χ0) is 18.8. The molecule has 0 fully saturated rings. The maximum atomic E-state index is 12.5. The SMILES string of the molecule is COc1ncc(C2=NC(C#N)C(=O)N(C)c3ccc(Cl)cc32)c(OC)n1. The molecule has 1 atom stereocenters. The molecule has 1 unspecified atom stereocenters. The molecule has 1 aliphatic heterocycles. The zero-order valence-electron chi connectivity index (χ0n) is 14.2. The van der Waals surface area contributed by atoms with Crippen molar-refractivity contribution < 1.29 is 14.3 Å². The molecule has 1 amide bonds. The molecule has 2 heterocycles. The van der Waals surface area contributed by atoms with Crippen molar-refractivity contribution in [2.75, 3.05) is 26.2 Å². The van der Waals surface area contributed by atoms with Crippen LogP contribution in [-0.4, -0.2) is 48.9 Å². The molecule has 1 aromatic carbocycles. The minimum Gasteiger partial charge on any atom is -0.480 e. The number of fused-ring (bicyclic) bond motifs is 1. The maximum absolute atomic E-state index is 12.5. The Morgan fingerprint density at radius 1 is 1.27 bits per heavy atom. The van der Waals surface area contributed by atoms with Gasteiger partial charge < -0.3 is 14.4 Å². The van der Waals surface area contributed by atoms with Crippen molar-refractivity contribution in [2.24, 2.45) is 4.99 Å². The first-order valence-electron chi connectivity index (χ1n) is 7.50. The lowest BCUT2D eigenvalue weighted by Gasteiger charge is -2.19. The number of aromatic nitrogens is 2. The molecule has 0 N–H and O–H groups in total. The number of amides is 1. The fourth-order valence-corrected chi connectivity index (χ4v) is 2.78. The number of anilines is 1. The van der Waals surface area contributed by atoms with E-state index in [2.05, 4.69) is 15.0 Å². The summed E-state index contributed by atoms with van der Waals surface area (Å²) in [5.74, 6) is -0.241. The predicted octanol–water partition coefficient (Wildman–Crippen LogP) is 1.85. The number of methoxy groups -OCH3 is 2. The summed E-state index contributed by atoms with van der Waals surface area (Å²) in [7, 11) is 4.46. The summed E-state index contributed by atoms with van der Waals surface area (Å²) in [5, 5.41) is 9.86. The Morgan fingerprint density at radius 3 is 2.69 bits per heavy atom. The first-order chi connectivity index (χ1) is 12.5. The highest BCUT2D eigenvalue weighted by molar-refractivity contribution is 6.32. The Kier molecular flexibility index (Phi) is 4.73. The third-order valence-corrected chi connectivity index (χ3v) is 4.12. The van der Waals surface area contributed by atoms with Crippen molar-refractivity contribution in [3.8, 4) is 18.0 Å². The minimum absolute atomic E-state index is 0.121. The molecule has 2 aromatic rings. The number of nitrogens with zero attached hydrogens (tertiary/aromatic N) is 5. The minimum atomic E-state index is -1.21. The molecule has 132 valence electrons. The lowest BCUT2D eigenvalue weighted by molar-refractivity contribution is -0.118. The molecule has 1 aromatic heterocycles. The summed E-state index contributed by atoms with van der Waals surface area (Å²) in [6.45, 7) is 0. The van der Waals surface area contributed by atoms with Gasteiger partial charge in [-0.1, -0.05) is 11.6 Å². The van der Waals surface area contributed by atoms with E-state index in [1.807, 2.05) is 6.07 Å². The second-order valence-electron chi connectivity index (χ2n) is 5.35. The first kappa shape index (κ1) is 17.6. The fraction of sp³-hybridized carbons (Fsp3) is 0.235. The Hall–Kier alpha value is -3.18. The van der Waals surface area contributed by atoms with Crippen LogP contribution in [0.5, 0.6) is 11.9 Å². The van der Waals surface area contributed by atoms with Crippen LogP contribution in [0, 0.1) is 11.3 Å². The van der Waals surface area contributed by atoms with Gasteiger partial charge in [0.15, 0.2) is 0 Å². The molecule has 0 spiro atoms. The van der Waals surface area contributed by atoms with Crippen LogP contribution >= 0.6 is 11.6 Å². The molecule has 3 rings (SSSR count). The van der Waals surface area contributed by atoms with Crippen LogP contribution in [0.2, 0.25) is 5.02 Å². The van der Waals surface area contributed by atoms with E-state index in [1.165, 1.54) is 25.3 Å². The van der Waals surface area contributed by atoms with Crippen molar-refractivity contribution in [2.45, 2.75) is 6.04 Å². The molecule has 1 aliphatic rings. The van der Waals surface area contributed by atoms with E-state index in [9.17, 15) is 10.1 Å². The molecule has 0 radical (unpaired) electrons. The van der Waals surface area contributed by atoms with Crippen molar-refractivity contribution >= 4 is 28.9 Å². The van der Waals surface area contributed by atoms with E-state index < -0.39 is 11.9 Å². The van der Waals surface area contributed by atoms with Crippen LogP contribution in [0.4, 0.5) is 5.69 Å². The van der Waals surface area contributed by atoms with Gasteiger partial charge in [-0.15, -0.1) is 0 Å². The summed E-state index contributed by atoms with van der Waals surface area (Å²) >= 11 is 6.15. The van der Waals surface area contributed by atoms with Gasteiger partial charge in [0.2, 0.25) is 11.9 Å². The van der Waals surface area contributed by atoms with Gasteiger partial charge in [0.05, 0.1) is 37.3 Å². The number of carbonyl (C=O) groups is 1. The molecule has 9 heteroatoms. The van der Waals surface area contributed by atoms with Crippen LogP contribution in [-0.2, 0) is 4.79 Å². The number of hydrogen-bond acceptors (Lipinski definition) is 7. The van der Waals surface area contributed by atoms with Crippen molar-refractivity contribution in [1.29, 1.82) is 5.26 Å². The largest absolute Gasteiger partial charge is 0.480 e. The molecule has 0 saturated carbocycles. The summed E-state index contributed by atoms with van der Waals surface area (Å²) < 4.78 is 10.3. The Balaban J connectivity index is 2.31. The van der Waals surface area contributed by atoms with E-state index >= 15 is 0 Å². The monoisotopic (exact) mass is 371 g/mol. The second-order valence-corrected chi connectivity index (χ2v) is 5.78. The fourth-order valence-electron chi connectivity index (χ4n) is 2.61. The van der Waals surface area contributed by atoms with E-state index in [0.29, 0.717) is 27.5 Å². The Bertz CT molecular complexity index is 954. The van der Waals surface area contributed by atoms with Gasteiger partial charge >= 0.3 is 6.01 Å². The number of aliphatic imine (C=N–C) groups is 1. The average molecular weight is 372 g/mol. The number of hydrogen-bond donors (Lipinski definition) is 0. The van der Waals surface area contributed by atoms with Gasteiger partial charge in [-0.2, -0.15) is 10.2 Å². The van der Waals surface area contributed by atoms with Crippen LogP contribution < -0.4 is 14.4 Å². The number of likely N-dealkylation sites (N-methyl/N-ethyl adjacent to an activating group) is 1. The second kappa shape index (κ2) is 6.98. The van der Waals surface area contributed by atoms with E-state index in [-0.39, 0.29) is 11.9 Å². The summed E-state index contributed by atoms with van der Waals surface area (Å²) in [6.07, 6.45) is 1.47. The molecule has 26 heavy (non-hydrogen) atoms. The number of nitriles is 1. The van der Waals surface area contributed by atoms with E-state index in [1.54, 1.807) is 25.2 Å². The highest BCUT2D eigenvalue weighted by atomic mass is 35.5. The number of benzene rings is 1. The quantitative estimate of drug-likeness (QED) is 0.816.